The van der Waals surface area contributed by atoms with Gasteiger partial charge in [-0.2, -0.15) is 0 Å². The van der Waals surface area contributed by atoms with E-state index in [4.69, 9.17) is 0 Å². The molecular formula is C10H14. The molecule has 0 aromatic carbocycles. The van der Waals surface area contributed by atoms with Gasteiger partial charge in [0.15, 0.2) is 0 Å². The normalized spacial score (nSPS) is 49.6. The molecule has 3 aliphatic carbocycles. The van der Waals surface area contributed by atoms with Crippen molar-refractivity contribution in [2.75, 3.05) is 0 Å². The summed E-state index contributed by atoms with van der Waals surface area (Å²) >= 11 is 0. The second kappa shape index (κ2) is 1.66. The number of rotatable bonds is 0. The molecule has 2 fully saturated rings. The largest absolute Gasteiger partial charge is 0.0816 e. The number of fused-ring (bicyclic) bond motifs is 3. The molecule has 3 atom stereocenters. The molecule has 0 radical (unpaired) electrons. The van der Waals surface area contributed by atoms with Crippen molar-refractivity contribution in [2.45, 2.75) is 32.1 Å². The zero-order chi connectivity index (χ0) is 6.55. The summed E-state index contributed by atoms with van der Waals surface area (Å²) in [5.41, 5.74) is 1.82. The minimum Gasteiger partial charge on any atom is -0.0816 e. The molecule has 0 heteroatoms. The van der Waals surface area contributed by atoms with E-state index < -0.39 is 0 Å². The van der Waals surface area contributed by atoms with E-state index in [1.54, 1.807) is 0 Å². The van der Waals surface area contributed by atoms with Gasteiger partial charge in [0.05, 0.1) is 0 Å². The van der Waals surface area contributed by atoms with Gasteiger partial charge in [0, 0.05) is 0 Å². The third-order valence-corrected chi connectivity index (χ3v) is 3.59. The summed E-state index contributed by atoms with van der Waals surface area (Å²) in [6, 6.07) is 0. The lowest BCUT2D eigenvalue weighted by Crippen LogP contribution is -2.16. The Morgan fingerprint density at radius 1 is 1.20 bits per heavy atom. The van der Waals surface area contributed by atoms with Crippen molar-refractivity contribution in [2.24, 2.45) is 17.8 Å². The Hall–Kier alpha value is -0.260. The maximum absolute atomic E-state index is 2.59. The maximum Gasteiger partial charge on any atom is -0.0132 e. The van der Waals surface area contributed by atoms with Crippen molar-refractivity contribution >= 4 is 0 Å². The molecule has 0 nitrogen and oxygen atoms in total. The van der Waals surface area contributed by atoms with Crippen molar-refractivity contribution < 1.29 is 0 Å². The first-order valence-corrected chi connectivity index (χ1v) is 4.66. The van der Waals surface area contributed by atoms with Crippen molar-refractivity contribution in [3.05, 3.63) is 11.6 Å². The molecule has 54 valence electrons. The lowest BCUT2D eigenvalue weighted by atomic mass is 9.79. The van der Waals surface area contributed by atoms with Gasteiger partial charge in [0.25, 0.3) is 0 Å². The fourth-order valence-corrected chi connectivity index (χ4v) is 2.98. The molecular weight excluding hydrogens is 120 g/mol. The van der Waals surface area contributed by atoms with Gasteiger partial charge in [-0.05, 0) is 37.0 Å². The minimum atomic E-state index is 1.03. The summed E-state index contributed by atoms with van der Waals surface area (Å²) in [5, 5.41) is 0. The smallest absolute Gasteiger partial charge is 0.0132 e. The van der Waals surface area contributed by atoms with E-state index in [9.17, 15) is 0 Å². The van der Waals surface area contributed by atoms with Crippen LogP contribution in [0.2, 0.25) is 0 Å². The summed E-state index contributed by atoms with van der Waals surface area (Å²) in [4.78, 5) is 0. The molecule has 0 aromatic rings. The second-order valence-corrected chi connectivity index (χ2v) is 4.16. The SMILES string of the molecule is C1=C2CC2C2CCCC[C@H]12. The highest BCUT2D eigenvalue weighted by Gasteiger charge is 2.46. The third-order valence-electron chi connectivity index (χ3n) is 3.59. The summed E-state index contributed by atoms with van der Waals surface area (Å²) in [7, 11) is 0. The monoisotopic (exact) mass is 134 g/mol. The zero-order valence-corrected chi connectivity index (χ0v) is 6.34. The average molecular weight is 134 g/mol. The van der Waals surface area contributed by atoms with Crippen LogP contribution < -0.4 is 0 Å². The second-order valence-electron chi connectivity index (χ2n) is 4.16. The van der Waals surface area contributed by atoms with Gasteiger partial charge in [-0.15, -0.1) is 0 Å². The molecule has 10 heavy (non-hydrogen) atoms. The highest BCUT2D eigenvalue weighted by atomic mass is 14.5. The summed E-state index contributed by atoms with van der Waals surface area (Å²) in [6.07, 6.45) is 10.1. The molecule has 0 amide bonds. The van der Waals surface area contributed by atoms with Crippen LogP contribution >= 0.6 is 0 Å². The van der Waals surface area contributed by atoms with E-state index >= 15 is 0 Å². The van der Waals surface area contributed by atoms with Gasteiger partial charge in [-0.1, -0.05) is 24.5 Å². The molecule has 3 aliphatic rings. The van der Waals surface area contributed by atoms with Crippen LogP contribution in [0.4, 0.5) is 0 Å². The molecule has 0 N–H and O–H groups in total. The third kappa shape index (κ3) is 0.574. The van der Waals surface area contributed by atoms with E-state index in [2.05, 4.69) is 6.08 Å². The molecule has 3 rings (SSSR count). The Morgan fingerprint density at radius 2 is 2.10 bits per heavy atom. The lowest BCUT2D eigenvalue weighted by Gasteiger charge is -2.26. The Kier molecular flexibility index (Phi) is 0.898. The van der Waals surface area contributed by atoms with Gasteiger partial charge >= 0.3 is 0 Å². The maximum atomic E-state index is 2.59. The van der Waals surface area contributed by atoms with E-state index in [1.165, 1.54) is 32.1 Å². The van der Waals surface area contributed by atoms with Crippen LogP contribution in [0.25, 0.3) is 0 Å². The van der Waals surface area contributed by atoms with E-state index in [-0.39, 0.29) is 0 Å². The first-order chi connectivity index (χ1) is 4.95. The van der Waals surface area contributed by atoms with Crippen LogP contribution in [0, 0.1) is 17.8 Å². The minimum absolute atomic E-state index is 1.03. The number of hydrogen-bond donors (Lipinski definition) is 0. The van der Waals surface area contributed by atoms with E-state index in [0.29, 0.717) is 0 Å². The van der Waals surface area contributed by atoms with Gasteiger partial charge in [0.2, 0.25) is 0 Å². The van der Waals surface area contributed by atoms with Crippen molar-refractivity contribution in [1.29, 1.82) is 0 Å². The quantitative estimate of drug-likeness (QED) is 0.447. The van der Waals surface area contributed by atoms with E-state index in [0.717, 1.165) is 17.8 Å². The Labute approximate surface area is 62.3 Å². The van der Waals surface area contributed by atoms with Crippen LogP contribution in [0.1, 0.15) is 32.1 Å². The standard InChI is InChI=1S/C10H14/c1-2-4-9-7(3-1)5-8-6-10(8)9/h5,7,9-10H,1-4,6H2/t7-,9?,10?/m1/s1. The molecule has 2 unspecified atom stereocenters. The van der Waals surface area contributed by atoms with Crippen LogP contribution in [0.15, 0.2) is 11.6 Å². The van der Waals surface area contributed by atoms with E-state index in [1.807, 2.05) is 5.57 Å². The highest BCUT2D eigenvalue weighted by Crippen LogP contribution is 2.57. The lowest BCUT2D eigenvalue weighted by molar-refractivity contribution is 0.272. The van der Waals surface area contributed by atoms with Crippen LogP contribution in [-0.4, -0.2) is 0 Å². The predicted molar refractivity (Wildman–Crippen MR) is 41.6 cm³/mol. The topological polar surface area (TPSA) is 0 Å². The molecule has 0 heterocycles. The number of hydrogen-bond acceptors (Lipinski definition) is 0. The first-order valence-electron chi connectivity index (χ1n) is 4.66. The summed E-state index contributed by atoms with van der Waals surface area (Å²) in [5.74, 6) is 3.23. The molecule has 0 bridgehead atoms. The Balaban J connectivity index is 1.88. The van der Waals surface area contributed by atoms with Crippen molar-refractivity contribution in [1.82, 2.24) is 0 Å². The molecule has 0 aliphatic heterocycles. The fourth-order valence-electron chi connectivity index (χ4n) is 2.98. The number of allylic oxidation sites excluding steroid dienone is 2. The van der Waals surface area contributed by atoms with Gasteiger partial charge in [0.1, 0.15) is 0 Å². The average Bonchev–Trinajstić information content (AvgIpc) is 2.64. The van der Waals surface area contributed by atoms with Gasteiger partial charge < -0.3 is 0 Å². The molecule has 0 saturated heterocycles. The van der Waals surface area contributed by atoms with Gasteiger partial charge in [-0.25, -0.2) is 0 Å². The fraction of sp³-hybridized carbons (Fsp3) is 0.800. The zero-order valence-electron chi connectivity index (χ0n) is 6.34. The molecule has 0 spiro atoms. The van der Waals surface area contributed by atoms with Gasteiger partial charge in [-0.3, -0.25) is 0 Å². The summed E-state index contributed by atoms with van der Waals surface area (Å²) in [6.45, 7) is 0. The van der Waals surface area contributed by atoms with Crippen molar-refractivity contribution in [3.8, 4) is 0 Å². The molecule has 2 saturated carbocycles. The van der Waals surface area contributed by atoms with Crippen LogP contribution in [0.5, 0.6) is 0 Å². The van der Waals surface area contributed by atoms with Crippen LogP contribution in [-0.2, 0) is 0 Å². The molecule has 0 aromatic heterocycles. The Bertz CT molecular complexity index is 190. The van der Waals surface area contributed by atoms with Crippen molar-refractivity contribution in [3.63, 3.8) is 0 Å². The Morgan fingerprint density at radius 3 is 3.00 bits per heavy atom. The van der Waals surface area contributed by atoms with Crippen LogP contribution in [0.3, 0.4) is 0 Å². The highest BCUT2D eigenvalue weighted by molar-refractivity contribution is 5.32. The first kappa shape index (κ1) is 5.40. The predicted octanol–water partition coefficient (Wildman–Crippen LogP) is 2.75. The summed E-state index contributed by atoms with van der Waals surface area (Å²) < 4.78 is 0.